The zero-order valence-corrected chi connectivity index (χ0v) is 13.3. The summed E-state index contributed by atoms with van der Waals surface area (Å²) < 4.78 is 26.7. The molecule has 0 saturated carbocycles. The Labute approximate surface area is 122 Å². The normalized spacial score (nSPS) is 11.6. The van der Waals surface area contributed by atoms with Crippen LogP contribution in [-0.2, 0) is 14.8 Å². The van der Waals surface area contributed by atoms with Crippen LogP contribution >= 0.6 is 15.9 Å². The quantitative estimate of drug-likeness (QED) is 0.848. The van der Waals surface area contributed by atoms with Gasteiger partial charge in [0.25, 0.3) is 0 Å². The van der Waals surface area contributed by atoms with Gasteiger partial charge in [0.15, 0.2) is 0 Å². The average Bonchev–Trinajstić information content (AvgIpc) is 2.38. The van der Waals surface area contributed by atoms with E-state index in [2.05, 4.69) is 21.2 Å². The molecule has 106 valence electrons. The topological polar surface area (TPSA) is 66.5 Å². The van der Waals surface area contributed by atoms with E-state index in [0.29, 0.717) is 17.4 Å². The molecule has 7 heteroatoms. The lowest BCUT2D eigenvalue weighted by atomic mass is 10.4. The number of nitrogens with one attached hydrogen (secondary N) is 1. The fraction of sp³-hybridized carbons (Fsp3) is 0.417. The molecule has 0 heterocycles. The fourth-order valence-electron chi connectivity index (χ4n) is 1.57. The smallest absolute Gasteiger partial charge is 0.244 e. The summed E-state index contributed by atoms with van der Waals surface area (Å²) in [5.74, 6) is -0.330. The Morgan fingerprint density at radius 2 is 2.00 bits per heavy atom. The third kappa shape index (κ3) is 4.02. The zero-order valence-electron chi connectivity index (χ0n) is 10.9. The van der Waals surface area contributed by atoms with E-state index < -0.39 is 10.0 Å². The third-order valence-electron chi connectivity index (χ3n) is 2.53. The molecule has 0 aliphatic heterocycles. The van der Waals surface area contributed by atoms with Gasteiger partial charge in [-0.3, -0.25) is 4.79 Å². The largest absolute Gasteiger partial charge is 0.358 e. The van der Waals surface area contributed by atoms with Gasteiger partial charge in [0.2, 0.25) is 15.9 Å². The highest BCUT2D eigenvalue weighted by Crippen LogP contribution is 2.24. The molecular formula is C12H17BrN2O3S. The number of rotatable bonds is 6. The Morgan fingerprint density at radius 3 is 2.53 bits per heavy atom. The summed E-state index contributed by atoms with van der Waals surface area (Å²) in [6, 6.07) is 6.58. The van der Waals surface area contributed by atoms with E-state index in [-0.39, 0.29) is 17.3 Å². The Hall–Kier alpha value is -0.920. The van der Waals surface area contributed by atoms with Gasteiger partial charge in [-0.1, -0.05) is 19.1 Å². The summed E-state index contributed by atoms with van der Waals surface area (Å²) in [7, 11) is -2.19. The van der Waals surface area contributed by atoms with Crippen LogP contribution in [0.3, 0.4) is 0 Å². The number of carbonyl (C=O) groups is 1. The molecule has 0 saturated heterocycles. The van der Waals surface area contributed by atoms with Crippen molar-refractivity contribution < 1.29 is 13.2 Å². The molecule has 19 heavy (non-hydrogen) atoms. The minimum Gasteiger partial charge on any atom is -0.358 e. The van der Waals surface area contributed by atoms with Crippen molar-refractivity contribution in [1.82, 2.24) is 9.62 Å². The first-order valence-corrected chi connectivity index (χ1v) is 8.12. The maximum Gasteiger partial charge on any atom is 0.244 e. The lowest BCUT2D eigenvalue weighted by Gasteiger charge is -2.21. The van der Waals surface area contributed by atoms with Gasteiger partial charge in [-0.05, 0) is 34.5 Å². The SMILES string of the molecule is CCCN(CC(=O)NC)S(=O)(=O)c1ccccc1Br. The van der Waals surface area contributed by atoms with Gasteiger partial charge in [-0.2, -0.15) is 4.31 Å². The van der Waals surface area contributed by atoms with Crippen molar-refractivity contribution in [2.75, 3.05) is 20.1 Å². The standard InChI is InChI=1S/C12H17BrN2O3S/c1-3-8-15(9-12(16)14-2)19(17,18)11-7-5-4-6-10(11)13/h4-7H,3,8-9H2,1-2H3,(H,14,16). The third-order valence-corrected chi connectivity index (χ3v) is 5.38. The number of benzene rings is 1. The van der Waals surface area contributed by atoms with E-state index in [0.717, 1.165) is 0 Å². The lowest BCUT2D eigenvalue weighted by Crippen LogP contribution is -2.40. The van der Waals surface area contributed by atoms with Gasteiger partial charge < -0.3 is 5.32 Å². The van der Waals surface area contributed by atoms with Gasteiger partial charge in [0.1, 0.15) is 0 Å². The second-order valence-corrected chi connectivity index (χ2v) is 6.70. The first kappa shape index (κ1) is 16.1. The van der Waals surface area contributed by atoms with Crippen LogP contribution in [0.1, 0.15) is 13.3 Å². The molecule has 0 fully saturated rings. The average molecular weight is 349 g/mol. The van der Waals surface area contributed by atoms with Crippen molar-refractivity contribution in [3.8, 4) is 0 Å². The van der Waals surface area contributed by atoms with Crippen molar-refractivity contribution in [3.63, 3.8) is 0 Å². The first-order chi connectivity index (χ1) is 8.93. The molecule has 0 aliphatic rings. The number of sulfonamides is 1. The van der Waals surface area contributed by atoms with Gasteiger partial charge in [0.05, 0.1) is 11.4 Å². The van der Waals surface area contributed by atoms with E-state index in [1.165, 1.54) is 17.4 Å². The van der Waals surface area contributed by atoms with E-state index in [1.807, 2.05) is 6.92 Å². The highest BCUT2D eigenvalue weighted by Gasteiger charge is 2.27. The van der Waals surface area contributed by atoms with Crippen LogP contribution in [0.25, 0.3) is 0 Å². The van der Waals surface area contributed by atoms with Crippen LogP contribution < -0.4 is 5.32 Å². The summed E-state index contributed by atoms with van der Waals surface area (Å²) in [6.07, 6.45) is 0.640. The molecule has 0 bridgehead atoms. The molecule has 0 unspecified atom stereocenters. The summed E-state index contributed by atoms with van der Waals surface area (Å²) in [5, 5.41) is 2.44. The summed E-state index contributed by atoms with van der Waals surface area (Å²) in [5.41, 5.74) is 0. The maximum absolute atomic E-state index is 12.5. The number of hydrogen-bond donors (Lipinski definition) is 1. The van der Waals surface area contributed by atoms with E-state index >= 15 is 0 Å². The number of halogens is 1. The molecule has 1 N–H and O–H groups in total. The summed E-state index contributed by atoms with van der Waals surface area (Å²) in [4.78, 5) is 11.6. The van der Waals surface area contributed by atoms with E-state index in [1.54, 1.807) is 18.2 Å². The van der Waals surface area contributed by atoms with Crippen LogP contribution in [0.2, 0.25) is 0 Å². The van der Waals surface area contributed by atoms with Crippen LogP contribution in [0, 0.1) is 0 Å². The van der Waals surface area contributed by atoms with Gasteiger partial charge in [0, 0.05) is 18.1 Å². The van der Waals surface area contributed by atoms with Gasteiger partial charge in [-0.25, -0.2) is 8.42 Å². The summed E-state index contributed by atoms with van der Waals surface area (Å²) >= 11 is 3.23. The van der Waals surface area contributed by atoms with Crippen LogP contribution in [0.4, 0.5) is 0 Å². The molecule has 0 spiro atoms. The van der Waals surface area contributed by atoms with Crippen molar-refractivity contribution >= 4 is 31.9 Å². The highest BCUT2D eigenvalue weighted by molar-refractivity contribution is 9.10. The molecule has 5 nitrogen and oxygen atoms in total. The number of amides is 1. The highest BCUT2D eigenvalue weighted by atomic mass is 79.9. The Balaban J connectivity index is 3.13. The van der Waals surface area contributed by atoms with Crippen molar-refractivity contribution in [2.45, 2.75) is 18.2 Å². The maximum atomic E-state index is 12.5. The molecule has 0 atom stereocenters. The number of nitrogens with zero attached hydrogens (tertiary/aromatic N) is 1. The lowest BCUT2D eigenvalue weighted by molar-refractivity contribution is -0.120. The summed E-state index contributed by atoms with van der Waals surface area (Å²) in [6.45, 7) is 2.00. The molecule has 0 radical (unpaired) electrons. The Kier molecular flexibility index (Phi) is 5.96. The second-order valence-electron chi connectivity index (χ2n) is 3.94. The molecule has 1 amide bonds. The van der Waals surface area contributed by atoms with Crippen molar-refractivity contribution in [3.05, 3.63) is 28.7 Å². The molecular weight excluding hydrogens is 332 g/mol. The number of likely N-dealkylation sites (N-methyl/N-ethyl adjacent to an activating group) is 1. The van der Waals surface area contributed by atoms with E-state index in [4.69, 9.17) is 0 Å². The fourth-order valence-corrected chi connectivity index (χ4v) is 4.02. The monoisotopic (exact) mass is 348 g/mol. The molecule has 1 rings (SSSR count). The van der Waals surface area contributed by atoms with E-state index in [9.17, 15) is 13.2 Å². The Morgan fingerprint density at radius 1 is 1.37 bits per heavy atom. The predicted octanol–water partition coefficient (Wildman–Crippen LogP) is 1.60. The second kappa shape index (κ2) is 7.02. The van der Waals surface area contributed by atoms with Crippen LogP contribution in [0.5, 0.6) is 0 Å². The van der Waals surface area contributed by atoms with Gasteiger partial charge in [-0.15, -0.1) is 0 Å². The number of hydrogen-bond acceptors (Lipinski definition) is 3. The molecule has 0 aromatic heterocycles. The first-order valence-electron chi connectivity index (χ1n) is 5.88. The van der Waals surface area contributed by atoms with Crippen molar-refractivity contribution in [1.29, 1.82) is 0 Å². The predicted molar refractivity (Wildman–Crippen MR) is 77.3 cm³/mol. The van der Waals surface area contributed by atoms with Gasteiger partial charge >= 0.3 is 0 Å². The molecule has 1 aromatic carbocycles. The zero-order chi connectivity index (χ0) is 14.5. The van der Waals surface area contributed by atoms with Crippen molar-refractivity contribution in [2.24, 2.45) is 0 Å². The van der Waals surface area contributed by atoms with Crippen LogP contribution in [-0.4, -0.2) is 38.8 Å². The number of carbonyl (C=O) groups excluding carboxylic acids is 1. The molecule has 1 aromatic rings. The Bertz CT molecular complexity index is 546. The minimum absolute atomic E-state index is 0.173. The molecule has 0 aliphatic carbocycles. The minimum atomic E-state index is -3.67. The van der Waals surface area contributed by atoms with Crippen LogP contribution in [0.15, 0.2) is 33.6 Å².